The molecule has 0 aliphatic heterocycles. The highest BCUT2D eigenvalue weighted by Crippen LogP contribution is 2.20. The molecule has 0 saturated carbocycles. The van der Waals surface area contributed by atoms with Crippen molar-refractivity contribution in [2.24, 2.45) is 0 Å². The van der Waals surface area contributed by atoms with Crippen molar-refractivity contribution in [1.82, 2.24) is 0 Å². The van der Waals surface area contributed by atoms with Crippen LogP contribution in [-0.2, 0) is 4.79 Å². The molecule has 4 heteroatoms. The molecule has 106 valence electrons. The highest BCUT2D eigenvalue weighted by molar-refractivity contribution is 8.00. The summed E-state index contributed by atoms with van der Waals surface area (Å²) in [5, 5.41) is 2.94. The molecular formula is C15H24N2OS. The fourth-order valence-corrected chi connectivity index (χ4v) is 2.68. The maximum atomic E-state index is 12.1. The van der Waals surface area contributed by atoms with E-state index in [1.54, 1.807) is 11.8 Å². The number of rotatable bonds is 7. The van der Waals surface area contributed by atoms with Crippen molar-refractivity contribution < 1.29 is 4.79 Å². The van der Waals surface area contributed by atoms with E-state index in [1.165, 1.54) is 19.3 Å². The van der Waals surface area contributed by atoms with Gasteiger partial charge in [-0.3, -0.25) is 4.79 Å². The van der Waals surface area contributed by atoms with E-state index < -0.39 is 0 Å². The first-order valence-corrected chi connectivity index (χ1v) is 7.88. The molecule has 1 atom stereocenters. The van der Waals surface area contributed by atoms with Gasteiger partial charge in [-0.1, -0.05) is 19.8 Å². The molecule has 0 aliphatic rings. The van der Waals surface area contributed by atoms with Gasteiger partial charge in [-0.05, 0) is 49.8 Å². The van der Waals surface area contributed by atoms with Crippen LogP contribution in [0.25, 0.3) is 0 Å². The number of hydrogen-bond donors (Lipinski definition) is 2. The zero-order chi connectivity index (χ0) is 14.3. The third-order valence-electron chi connectivity index (χ3n) is 2.99. The van der Waals surface area contributed by atoms with Gasteiger partial charge in [0.25, 0.3) is 0 Å². The van der Waals surface area contributed by atoms with Crippen LogP contribution in [-0.4, -0.2) is 16.9 Å². The number of anilines is 2. The summed E-state index contributed by atoms with van der Waals surface area (Å²) in [6.45, 7) is 6.09. The van der Waals surface area contributed by atoms with Crippen LogP contribution in [0, 0.1) is 6.92 Å². The van der Waals surface area contributed by atoms with E-state index in [4.69, 9.17) is 5.73 Å². The van der Waals surface area contributed by atoms with Crippen LogP contribution in [0.5, 0.6) is 0 Å². The molecule has 3 N–H and O–H groups in total. The van der Waals surface area contributed by atoms with Crippen LogP contribution in [0.4, 0.5) is 11.4 Å². The minimum Gasteiger partial charge on any atom is -0.399 e. The van der Waals surface area contributed by atoms with Gasteiger partial charge in [0.1, 0.15) is 0 Å². The number of thioether (sulfide) groups is 1. The minimum atomic E-state index is -0.0196. The molecule has 0 spiro atoms. The van der Waals surface area contributed by atoms with E-state index in [2.05, 4.69) is 12.2 Å². The molecule has 1 amide bonds. The highest BCUT2D eigenvalue weighted by Gasteiger charge is 2.13. The first kappa shape index (κ1) is 15.9. The minimum absolute atomic E-state index is 0.0196. The molecule has 0 saturated heterocycles. The Morgan fingerprint density at radius 2 is 2.16 bits per heavy atom. The third-order valence-corrected chi connectivity index (χ3v) is 4.23. The Bertz CT molecular complexity index is 421. The standard InChI is InChI=1S/C15H24N2OS/c1-4-5-6-9-19-12(3)15(18)17-14-8-7-13(16)10-11(14)2/h7-8,10,12H,4-6,9,16H2,1-3H3,(H,17,18). The number of carbonyl (C=O) groups is 1. The number of aryl methyl sites for hydroxylation is 1. The monoisotopic (exact) mass is 280 g/mol. The number of benzene rings is 1. The lowest BCUT2D eigenvalue weighted by molar-refractivity contribution is -0.115. The molecule has 0 aliphatic carbocycles. The van der Waals surface area contributed by atoms with Crippen molar-refractivity contribution in [1.29, 1.82) is 0 Å². The second kappa shape index (κ2) is 8.10. The Morgan fingerprint density at radius 1 is 1.42 bits per heavy atom. The maximum absolute atomic E-state index is 12.1. The van der Waals surface area contributed by atoms with Crippen molar-refractivity contribution in [3.05, 3.63) is 23.8 Å². The molecule has 19 heavy (non-hydrogen) atoms. The van der Waals surface area contributed by atoms with Gasteiger partial charge in [-0.25, -0.2) is 0 Å². The zero-order valence-corrected chi connectivity index (χ0v) is 12.8. The van der Waals surface area contributed by atoms with Gasteiger partial charge in [-0.15, -0.1) is 11.8 Å². The Labute approximate surface area is 120 Å². The van der Waals surface area contributed by atoms with Crippen LogP contribution in [0.3, 0.4) is 0 Å². The zero-order valence-electron chi connectivity index (χ0n) is 12.0. The quantitative estimate of drug-likeness (QED) is 0.589. The summed E-state index contributed by atoms with van der Waals surface area (Å²) in [6, 6.07) is 5.54. The highest BCUT2D eigenvalue weighted by atomic mass is 32.2. The van der Waals surface area contributed by atoms with E-state index in [1.807, 2.05) is 32.0 Å². The van der Waals surface area contributed by atoms with Crippen molar-refractivity contribution in [2.75, 3.05) is 16.8 Å². The first-order chi connectivity index (χ1) is 9.04. The number of nitrogen functional groups attached to an aromatic ring is 1. The summed E-state index contributed by atoms with van der Waals surface area (Å²) in [5.41, 5.74) is 8.26. The van der Waals surface area contributed by atoms with Crippen molar-refractivity contribution in [2.45, 2.75) is 45.3 Å². The summed E-state index contributed by atoms with van der Waals surface area (Å²) in [7, 11) is 0. The number of amides is 1. The largest absolute Gasteiger partial charge is 0.399 e. The van der Waals surface area contributed by atoms with Gasteiger partial charge in [0.05, 0.1) is 5.25 Å². The Kier molecular flexibility index (Phi) is 6.78. The Hall–Kier alpha value is -1.16. The lowest BCUT2D eigenvalue weighted by Gasteiger charge is -2.13. The number of hydrogen-bond acceptors (Lipinski definition) is 3. The Balaban J connectivity index is 2.45. The van der Waals surface area contributed by atoms with Crippen LogP contribution >= 0.6 is 11.8 Å². The molecule has 0 bridgehead atoms. The average Bonchev–Trinajstić information content (AvgIpc) is 2.37. The summed E-state index contributed by atoms with van der Waals surface area (Å²) in [5.74, 6) is 1.11. The molecule has 1 aromatic carbocycles. The van der Waals surface area contributed by atoms with E-state index >= 15 is 0 Å². The maximum Gasteiger partial charge on any atom is 0.237 e. The SMILES string of the molecule is CCCCCSC(C)C(=O)Nc1ccc(N)cc1C. The molecular weight excluding hydrogens is 256 g/mol. The second-order valence-corrected chi connectivity index (χ2v) is 6.23. The van der Waals surface area contributed by atoms with Crippen LogP contribution in [0.2, 0.25) is 0 Å². The van der Waals surface area contributed by atoms with Gasteiger partial charge in [0.15, 0.2) is 0 Å². The second-order valence-electron chi connectivity index (χ2n) is 4.78. The van der Waals surface area contributed by atoms with Gasteiger partial charge in [0, 0.05) is 11.4 Å². The topological polar surface area (TPSA) is 55.1 Å². The smallest absolute Gasteiger partial charge is 0.237 e. The lowest BCUT2D eigenvalue weighted by atomic mass is 10.2. The van der Waals surface area contributed by atoms with Gasteiger partial charge in [0.2, 0.25) is 5.91 Å². The van der Waals surface area contributed by atoms with E-state index in [-0.39, 0.29) is 11.2 Å². The van der Waals surface area contributed by atoms with Crippen LogP contribution in [0.15, 0.2) is 18.2 Å². The summed E-state index contributed by atoms with van der Waals surface area (Å²) in [6.07, 6.45) is 3.63. The molecule has 0 aromatic heterocycles. The van der Waals surface area contributed by atoms with Gasteiger partial charge >= 0.3 is 0 Å². The summed E-state index contributed by atoms with van der Waals surface area (Å²) < 4.78 is 0. The fraction of sp³-hybridized carbons (Fsp3) is 0.533. The van der Waals surface area contributed by atoms with Gasteiger partial charge in [-0.2, -0.15) is 0 Å². The van der Waals surface area contributed by atoms with Crippen LogP contribution < -0.4 is 11.1 Å². The number of nitrogens with one attached hydrogen (secondary N) is 1. The predicted molar refractivity (Wildman–Crippen MR) is 85.7 cm³/mol. The molecule has 3 nitrogen and oxygen atoms in total. The molecule has 1 unspecified atom stereocenters. The van der Waals surface area contributed by atoms with E-state index in [0.717, 1.165) is 22.7 Å². The Morgan fingerprint density at radius 3 is 2.79 bits per heavy atom. The lowest BCUT2D eigenvalue weighted by Crippen LogP contribution is -2.23. The fourth-order valence-electron chi connectivity index (χ4n) is 1.75. The first-order valence-electron chi connectivity index (χ1n) is 6.83. The van der Waals surface area contributed by atoms with E-state index in [9.17, 15) is 4.79 Å². The van der Waals surface area contributed by atoms with Crippen LogP contribution in [0.1, 0.15) is 38.7 Å². The molecule has 1 aromatic rings. The normalized spacial score (nSPS) is 12.2. The number of carbonyl (C=O) groups excluding carboxylic acids is 1. The molecule has 0 heterocycles. The van der Waals surface area contributed by atoms with Gasteiger partial charge < -0.3 is 11.1 Å². The number of nitrogens with two attached hydrogens (primary N) is 1. The summed E-state index contributed by atoms with van der Waals surface area (Å²) >= 11 is 1.72. The third kappa shape index (κ3) is 5.55. The number of unbranched alkanes of at least 4 members (excludes halogenated alkanes) is 2. The van der Waals surface area contributed by atoms with Crippen molar-refractivity contribution in [3.63, 3.8) is 0 Å². The predicted octanol–water partition coefficient (Wildman–Crippen LogP) is 3.83. The molecule has 1 rings (SSSR count). The van der Waals surface area contributed by atoms with Crippen molar-refractivity contribution in [3.8, 4) is 0 Å². The summed E-state index contributed by atoms with van der Waals surface area (Å²) in [4.78, 5) is 12.1. The molecule has 0 fully saturated rings. The van der Waals surface area contributed by atoms with Crippen molar-refractivity contribution >= 4 is 29.0 Å². The molecule has 0 radical (unpaired) electrons. The van der Waals surface area contributed by atoms with E-state index in [0.29, 0.717) is 0 Å². The average molecular weight is 280 g/mol.